The normalized spacial score (nSPS) is 19.1. The highest BCUT2D eigenvalue weighted by atomic mass is 15.3. The molecule has 3 rings (SSSR count). The summed E-state index contributed by atoms with van der Waals surface area (Å²) in [7, 11) is 0. The summed E-state index contributed by atoms with van der Waals surface area (Å²) in [5, 5.41) is 4.64. The maximum absolute atomic E-state index is 4.64. The van der Waals surface area contributed by atoms with E-state index in [4.69, 9.17) is 0 Å². The third-order valence-electron chi connectivity index (χ3n) is 4.56. The molecule has 0 amide bonds. The van der Waals surface area contributed by atoms with E-state index in [9.17, 15) is 0 Å². The van der Waals surface area contributed by atoms with Gasteiger partial charge in [0.2, 0.25) is 0 Å². The first-order valence-electron chi connectivity index (χ1n) is 8.42. The van der Waals surface area contributed by atoms with Gasteiger partial charge in [-0.25, -0.2) is 4.98 Å². The maximum Gasteiger partial charge on any atom is 0.110 e. The Hall–Kier alpha value is -1.62. The van der Waals surface area contributed by atoms with Crippen molar-refractivity contribution in [2.45, 2.75) is 59.0 Å². The fourth-order valence-corrected chi connectivity index (χ4v) is 3.23. The molecule has 5 heteroatoms. The van der Waals surface area contributed by atoms with Crippen LogP contribution in [0, 0.1) is 13.8 Å². The van der Waals surface area contributed by atoms with Gasteiger partial charge in [-0.3, -0.25) is 9.58 Å². The van der Waals surface area contributed by atoms with Crippen molar-refractivity contribution in [1.82, 2.24) is 24.6 Å². The summed E-state index contributed by atoms with van der Waals surface area (Å²) in [6.07, 6.45) is 7.76. The maximum atomic E-state index is 4.64. The number of aryl methyl sites for hydroxylation is 3. The molecule has 1 saturated heterocycles. The average molecular weight is 301 g/mol. The van der Waals surface area contributed by atoms with E-state index in [-0.39, 0.29) is 0 Å². The van der Waals surface area contributed by atoms with Crippen molar-refractivity contribution in [2.75, 3.05) is 13.1 Å². The van der Waals surface area contributed by atoms with E-state index in [0.29, 0.717) is 5.92 Å². The Morgan fingerprint density at radius 2 is 2.23 bits per heavy atom. The molecule has 2 aromatic heterocycles. The van der Waals surface area contributed by atoms with Crippen molar-refractivity contribution in [3.8, 4) is 0 Å². The fourth-order valence-electron chi connectivity index (χ4n) is 3.23. The Balaban J connectivity index is 1.59. The second kappa shape index (κ2) is 6.65. The second-order valence-electron chi connectivity index (χ2n) is 6.53. The zero-order chi connectivity index (χ0) is 15.5. The van der Waals surface area contributed by atoms with Crippen LogP contribution in [0.15, 0.2) is 12.4 Å². The second-order valence-corrected chi connectivity index (χ2v) is 6.53. The van der Waals surface area contributed by atoms with Crippen LogP contribution in [-0.2, 0) is 13.1 Å². The highest BCUT2D eigenvalue weighted by Gasteiger charge is 2.26. The molecular formula is C17H27N5. The number of rotatable bonds is 6. The van der Waals surface area contributed by atoms with Gasteiger partial charge in [0.05, 0.1) is 5.69 Å². The van der Waals surface area contributed by atoms with E-state index in [0.717, 1.165) is 37.7 Å². The molecule has 1 aliphatic heterocycles. The van der Waals surface area contributed by atoms with Crippen molar-refractivity contribution in [3.63, 3.8) is 0 Å². The molecule has 120 valence electrons. The van der Waals surface area contributed by atoms with E-state index < -0.39 is 0 Å². The van der Waals surface area contributed by atoms with Gasteiger partial charge in [-0.15, -0.1) is 0 Å². The van der Waals surface area contributed by atoms with Crippen molar-refractivity contribution in [3.05, 3.63) is 35.2 Å². The summed E-state index contributed by atoms with van der Waals surface area (Å²) < 4.78 is 2.11. The van der Waals surface area contributed by atoms with E-state index in [1.54, 1.807) is 0 Å². The lowest BCUT2D eigenvalue weighted by Gasteiger charge is -2.14. The molecule has 0 bridgehead atoms. The standard InChI is InChI=1S/C17H27N5/c1-4-5-7-22-12-16(14(3)20-22)11-21-8-6-15(10-21)17-18-9-13(2)19-17/h9,12,15H,4-8,10-11H2,1-3H3,(H,18,19)/t15-/m1/s1. The Morgan fingerprint density at radius 1 is 1.36 bits per heavy atom. The number of likely N-dealkylation sites (tertiary alicyclic amines) is 1. The molecule has 0 aliphatic carbocycles. The van der Waals surface area contributed by atoms with Gasteiger partial charge in [-0.1, -0.05) is 13.3 Å². The highest BCUT2D eigenvalue weighted by molar-refractivity contribution is 5.16. The molecule has 0 radical (unpaired) electrons. The number of hydrogen-bond acceptors (Lipinski definition) is 3. The molecule has 2 aromatic rings. The first kappa shape index (κ1) is 15.3. The monoisotopic (exact) mass is 301 g/mol. The first-order valence-corrected chi connectivity index (χ1v) is 8.42. The SMILES string of the molecule is CCCCn1cc(CN2CC[C@@H](c3ncc(C)[nH]3)C2)c(C)n1. The van der Waals surface area contributed by atoms with Gasteiger partial charge < -0.3 is 4.98 Å². The quantitative estimate of drug-likeness (QED) is 0.892. The van der Waals surface area contributed by atoms with Crippen LogP contribution in [0.25, 0.3) is 0 Å². The van der Waals surface area contributed by atoms with Crippen LogP contribution in [0.3, 0.4) is 0 Å². The van der Waals surface area contributed by atoms with Gasteiger partial charge >= 0.3 is 0 Å². The Morgan fingerprint density at radius 3 is 2.95 bits per heavy atom. The molecule has 1 aliphatic rings. The molecule has 1 N–H and O–H groups in total. The van der Waals surface area contributed by atoms with Gasteiger partial charge in [0.1, 0.15) is 5.82 Å². The molecule has 0 unspecified atom stereocenters. The molecular weight excluding hydrogens is 274 g/mol. The molecule has 1 fully saturated rings. The largest absolute Gasteiger partial charge is 0.346 e. The minimum atomic E-state index is 0.546. The lowest BCUT2D eigenvalue weighted by atomic mass is 10.1. The molecule has 0 spiro atoms. The van der Waals surface area contributed by atoms with Crippen LogP contribution >= 0.6 is 0 Å². The summed E-state index contributed by atoms with van der Waals surface area (Å²) in [5.41, 5.74) is 3.70. The molecule has 0 saturated carbocycles. The van der Waals surface area contributed by atoms with Crippen LogP contribution in [0.4, 0.5) is 0 Å². The smallest absolute Gasteiger partial charge is 0.110 e. The van der Waals surface area contributed by atoms with E-state index in [1.807, 2.05) is 6.20 Å². The average Bonchev–Trinajstić information content (AvgIpc) is 3.19. The molecule has 0 aromatic carbocycles. The molecule has 3 heterocycles. The topological polar surface area (TPSA) is 49.7 Å². The number of aromatic amines is 1. The minimum absolute atomic E-state index is 0.546. The van der Waals surface area contributed by atoms with Gasteiger partial charge in [-0.05, 0) is 33.2 Å². The summed E-state index contributed by atoms with van der Waals surface area (Å²) >= 11 is 0. The Kier molecular flexibility index (Phi) is 4.62. The van der Waals surface area contributed by atoms with E-state index >= 15 is 0 Å². The number of nitrogens with zero attached hydrogens (tertiary/aromatic N) is 4. The van der Waals surface area contributed by atoms with Crippen molar-refractivity contribution < 1.29 is 0 Å². The number of aromatic nitrogens is 4. The fraction of sp³-hybridized carbons (Fsp3) is 0.647. The van der Waals surface area contributed by atoms with Crippen molar-refractivity contribution in [2.24, 2.45) is 0 Å². The minimum Gasteiger partial charge on any atom is -0.346 e. The van der Waals surface area contributed by atoms with Gasteiger partial charge in [0.25, 0.3) is 0 Å². The molecule has 22 heavy (non-hydrogen) atoms. The van der Waals surface area contributed by atoms with Crippen LogP contribution in [0.5, 0.6) is 0 Å². The zero-order valence-corrected chi connectivity index (χ0v) is 14.0. The molecule has 5 nitrogen and oxygen atoms in total. The van der Waals surface area contributed by atoms with Crippen LogP contribution in [-0.4, -0.2) is 37.7 Å². The first-order chi connectivity index (χ1) is 10.7. The van der Waals surface area contributed by atoms with Crippen LogP contribution < -0.4 is 0 Å². The van der Waals surface area contributed by atoms with Crippen LogP contribution in [0.1, 0.15) is 54.9 Å². The van der Waals surface area contributed by atoms with Gasteiger partial charge in [0.15, 0.2) is 0 Å². The number of nitrogens with one attached hydrogen (secondary N) is 1. The predicted molar refractivity (Wildman–Crippen MR) is 87.8 cm³/mol. The Labute approximate surface area is 132 Å². The summed E-state index contributed by atoms with van der Waals surface area (Å²) in [6, 6.07) is 0. The van der Waals surface area contributed by atoms with E-state index in [2.05, 4.69) is 51.6 Å². The number of imidazole rings is 1. The Bertz CT molecular complexity index is 612. The van der Waals surface area contributed by atoms with Crippen LogP contribution in [0.2, 0.25) is 0 Å². The van der Waals surface area contributed by atoms with Gasteiger partial charge in [-0.2, -0.15) is 5.10 Å². The predicted octanol–water partition coefficient (Wildman–Crippen LogP) is 3.01. The summed E-state index contributed by atoms with van der Waals surface area (Å²) in [5.74, 6) is 1.69. The number of hydrogen-bond donors (Lipinski definition) is 1. The van der Waals surface area contributed by atoms with E-state index in [1.165, 1.54) is 30.5 Å². The van der Waals surface area contributed by atoms with Crippen molar-refractivity contribution in [1.29, 1.82) is 0 Å². The summed E-state index contributed by atoms with van der Waals surface area (Å²) in [6.45, 7) is 10.7. The molecule has 1 atom stereocenters. The lowest BCUT2D eigenvalue weighted by molar-refractivity contribution is 0.325. The number of H-pyrrole nitrogens is 1. The highest BCUT2D eigenvalue weighted by Crippen LogP contribution is 2.26. The van der Waals surface area contributed by atoms with Crippen molar-refractivity contribution >= 4 is 0 Å². The third-order valence-corrected chi connectivity index (χ3v) is 4.56. The number of unbranched alkanes of at least 4 members (excludes halogenated alkanes) is 1. The third kappa shape index (κ3) is 3.40. The summed E-state index contributed by atoms with van der Waals surface area (Å²) in [4.78, 5) is 10.4. The lowest BCUT2D eigenvalue weighted by Crippen LogP contribution is -2.20. The van der Waals surface area contributed by atoms with Gasteiger partial charge in [0, 0.05) is 49.2 Å². The zero-order valence-electron chi connectivity index (χ0n) is 14.0.